The van der Waals surface area contributed by atoms with Crippen molar-refractivity contribution in [3.63, 3.8) is 0 Å². The fraction of sp³-hybridized carbons (Fsp3) is 0.296. The van der Waals surface area contributed by atoms with Crippen LogP contribution in [0.4, 0.5) is 0 Å². The van der Waals surface area contributed by atoms with Gasteiger partial charge in [0.1, 0.15) is 22.8 Å². The average Bonchev–Trinajstić information content (AvgIpc) is 2.85. The minimum Gasteiger partial charge on any atom is -0.508 e. The van der Waals surface area contributed by atoms with Crippen molar-refractivity contribution in [2.24, 2.45) is 23.5 Å². The number of aliphatic hydroxyl groups excluding tert-OH is 2. The predicted molar refractivity (Wildman–Crippen MR) is 128 cm³/mol. The number of aliphatic hydroxyl groups is 3. The van der Waals surface area contributed by atoms with Crippen molar-refractivity contribution in [2.45, 2.75) is 31.8 Å². The summed E-state index contributed by atoms with van der Waals surface area (Å²) in [5.41, 5.74) is 2.47. The number of hydrogen-bond donors (Lipinski definition) is 5. The minimum absolute atomic E-state index is 0.0202. The number of amides is 1. The largest absolute Gasteiger partial charge is 0.508 e. The van der Waals surface area contributed by atoms with Crippen molar-refractivity contribution in [2.75, 3.05) is 0 Å². The first-order chi connectivity index (χ1) is 17.5. The Morgan fingerprint density at radius 1 is 1.14 bits per heavy atom. The summed E-state index contributed by atoms with van der Waals surface area (Å²) in [5.74, 6) is -8.48. The van der Waals surface area contributed by atoms with Crippen LogP contribution in [-0.4, -0.2) is 54.3 Å². The van der Waals surface area contributed by atoms with Gasteiger partial charge >= 0.3 is 0 Å². The first-order valence-electron chi connectivity index (χ1n) is 11.7. The molecule has 3 aliphatic carbocycles. The molecule has 6 N–H and O–H groups in total. The molecule has 1 heterocycles. The van der Waals surface area contributed by atoms with E-state index in [9.17, 15) is 39.6 Å². The number of aromatic nitrogens is 1. The zero-order valence-electron chi connectivity index (χ0n) is 19.8. The van der Waals surface area contributed by atoms with E-state index in [4.69, 9.17) is 5.73 Å². The third kappa shape index (κ3) is 3.40. The summed E-state index contributed by atoms with van der Waals surface area (Å²) in [6, 6.07) is 7.84. The molecule has 37 heavy (non-hydrogen) atoms. The second-order valence-electron chi connectivity index (χ2n) is 9.75. The summed E-state index contributed by atoms with van der Waals surface area (Å²) in [6.07, 6.45) is 1.57. The first kappa shape index (κ1) is 24.4. The van der Waals surface area contributed by atoms with Crippen molar-refractivity contribution in [1.29, 1.82) is 0 Å². The van der Waals surface area contributed by atoms with Gasteiger partial charge in [-0.15, -0.1) is 0 Å². The van der Waals surface area contributed by atoms with E-state index in [-0.39, 0.29) is 47.5 Å². The Morgan fingerprint density at radius 3 is 2.51 bits per heavy atom. The van der Waals surface area contributed by atoms with Gasteiger partial charge in [-0.25, -0.2) is 0 Å². The molecule has 0 aliphatic heterocycles. The number of carbonyl (C=O) groups is 4. The Labute approximate surface area is 210 Å². The lowest BCUT2D eigenvalue weighted by Crippen LogP contribution is -2.61. The maximum atomic E-state index is 13.7. The molecule has 1 aromatic carbocycles. The van der Waals surface area contributed by atoms with Crippen LogP contribution in [0.15, 0.2) is 53.4 Å². The number of pyridine rings is 1. The van der Waals surface area contributed by atoms with Gasteiger partial charge in [-0.2, -0.15) is 0 Å². The van der Waals surface area contributed by atoms with E-state index in [1.807, 2.05) is 0 Å². The third-order valence-electron chi connectivity index (χ3n) is 7.78. The van der Waals surface area contributed by atoms with Crippen molar-refractivity contribution in [1.82, 2.24) is 4.98 Å². The Balaban J connectivity index is 1.65. The number of fused-ring (bicyclic) bond motifs is 3. The van der Waals surface area contributed by atoms with Crippen LogP contribution in [0.2, 0.25) is 0 Å². The number of primary amides is 1. The van der Waals surface area contributed by atoms with E-state index < -0.39 is 57.9 Å². The standard InChI is InChI=1S/C27H24N2O8/c1-11-16-9-12-8-15-14(18(31)10-13-4-2-3-7-29-13)5-6-17(30)20(15)23(33)19(12)24(34)27(16,37)25(35)21(22(11)32)26(28)36/h2-7,11-12,16,30,33,35,37H,8-10H2,1H3,(H2,28,36)/t11-,12-,16-,27-/m0/s1. The maximum Gasteiger partial charge on any atom is 0.255 e. The van der Waals surface area contributed by atoms with Gasteiger partial charge < -0.3 is 26.2 Å². The summed E-state index contributed by atoms with van der Waals surface area (Å²) in [5, 5.41) is 43.9. The molecule has 3 aliphatic rings. The van der Waals surface area contributed by atoms with Crippen LogP contribution in [0.25, 0.3) is 5.76 Å². The average molecular weight is 504 g/mol. The molecule has 1 saturated carbocycles. The molecule has 1 amide bonds. The topological polar surface area (TPSA) is 188 Å². The predicted octanol–water partition coefficient (Wildman–Crippen LogP) is 1.49. The lowest BCUT2D eigenvalue weighted by atomic mass is 9.56. The fourth-order valence-corrected chi connectivity index (χ4v) is 5.96. The number of ketones is 3. The molecule has 5 rings (SSSR count). The number of phenolic OH excluding ortho intramolecular Hbond substituents is 1. The molecule has 190 valence electrons. The van der Waals surface area contributed by atoms with Crippen LogP contribution >= 0.6 is 0 Å². The van der Waals surface area contributed by atoms with Crippen molar-refractivity contribution in [3.05, 3.63) is 75.8 Å². The van der Waals surface area contributed by atoms with Gasteiger partial charge in [0, 0.05) is 34.9 Å². The quantitative estimate of drug-likeness (QED) is 0.303. The second kappa shape index (κ2) is 8.38. The van der Waals surface area contributed by atoms with E-state index in [1.165, 1.54) is 19.1 Å². The van der Waals surface area contributed by atoms with Gasteiger partial charge in [0.15, 0.2) is 17.2 Å². The summed E-state index contributed by atoms with van der Waals surface area (Å²) in [6.45, 7) is 1.43. The minimum atomic E-state index is -2.66. The number of nitrogens with two attached hydrogens (primary N) is 1. The molecule has 1 aromatic heterocycles. The number of nitrogens with zero attached hydrogens (tertiary/aromatic N) is 1. The SMILES string of the molecule is C[C@@H]1C(=O)C(C(N)=O)=C(O)[C@@]2(O)C(=O)C3=C(O)c4c(O)ccc(C(=O)Cc5ccccn5)c4C[C@H]3C[C@@H]12. The zero-order chi connectivity index (χ0) is 26.8. The molecule has 0 spiro atoms. The molecule has 0 radical (unpaired) electrons. The Kier molecular flexibility index (Phi) is 5.52. The molecule has 0 bridgehead atoms. The number of Topliss-reactive ketones (excluding diaryl/α,β-unsaturated/α-hetero) is 3. The highest BCUT2D eigenvalue weighted by atomic mass is 16.3. The zero-order valence-corrected chi connectivity index (χ0v) is 19.8. The highest BCUT2D eigenvalue weighted by molar-refractivity contribution is 6.23. The summed E-state index contributed by atoms with van der Waals surface area (Å²) < 4.78 is 0. The van der Waals surface area contributed by atoms with Gasteiger partial charge in [0.25, 0.3) is 5.91 Å². The van der Waals surface area contributed by atoms with Crippen molar-refractivity contribution in [3.8, 4) is 5.75 Å². The monoisotopic (exact) mass is 504 g/mol. The van der Waals surface area contributed by atoms with E-state index >= 15 is 0 Å². The number of benzene rings is 1. The van der Waals surface area contributed by atoms with Crippen LogP contribution in [0, 0.1) is 17.8 Å². The molecule has 10 nitrogen and oxygen atoms in total. The molecule has 0 saturated heterocycles. The van der Waals surface area contributed by atoms with Crippen LogP contribution < -0.4 is 5.73 Å². The van der Waals surface area contributed by atoms with Gasteiger partial charge in [0.2, 0.25) is 5.78 Å². The number of hydrogen-bond acceptors (Lipinski definition) is 9. The summed E-state index contributed by atoms with van der Waals surface area (Å²) in [7, 11) is 0. The fourth-order valence-electron chi connectivity index (χ4n) is 5.96. The Morgan fingerprint density at radius 2 is 1.86 bits per heavy atom. The highest BCUT2D eigenvalue weighted by Gasteiger charge is 2.62. The van der Waals surface area contributed by atoms with Crippen molar-refractivity contribution >= 4 is 29.0 Å². The van der Waals surface area contributed by atoms with E-state index in [0.29, 0.717) is 11.3 Å². The van der Waals surface area contributed by atoms with E-state index in [0.717, 1.165) is 0 Å². The Hall–Kier alpha value is -4.31. The van der Waals surface area contributed by atoms with Gasteiger partial charge in [-0.05, 0) is 48.6 Å². The lowest BCUT2D eigenvalue weighted by Gasteiger charge is -2.48. The molecule has 0 unspecified atom stereocenters. The van der Waals surface area contributed by atoms with E-state index in [1.54, 1.807) is 24.4 Å². The third-order valence-corrected chi connectivity index (χ3v) is 7.78. The number of rotatable bonds is 4. The smallest absolute Gasteiger partial charge is 0.255 e. The molecule has 10 heteroatoms. The van der Waals surface area contributed by atoms with Crippen LogP contribution in [0.3, 0.4) is 0 Å². The molecule has 4 atom stereocenters. The second-order valence-corrected chi connectivity index (χ2v) is 9.75. The maximum absolute atomic E-state index is 13.7. The molecule has 2 aromatic rings. The number of aromatic hydroxyl groups is 1. The lowest BCUT2D eigenvalue weighted by molar-refractivity contribution is -0.152. The normalized spacial score (nSPS) is 26.9. The molecular weight excluding hydrogens is 480 g/mol. The van der Waals surface area contributed by atoms with E-state index in [2.05, 4.69) is 4.98 Å². The molecule has 1 fully saturated rings. The summed E-state index contributed by atoms with van der Waals surface area (Å²) >= 11 is 0. The number of phenols is 1. The molecular formula is C27H24N2O8. The van der Waals surface area contributed by atoms with Gasteiger partial charge in [-0.3, -0.25) is 24.2 Å². The number of carbonyl (C=O) groups excluding carboxylic acids is 4. The highest BCUT2D eigenvalue weighted by Crippen LogP contribution is 2.53. The van der Waals surface area contributed by atoms with Gasteiger partial charge in [0.05, 0.1) is 12.0 Å². The van der Waals surface area contributed by atoms with Gasteiger partial charge in [-0.1, -0.05) is 13.0 Å². The Bertz CT molecular complexity index is 1460. The van der Waals surface area contributed by atoms with Crippen LogP contribution in [-0.2, 0) is 27.2 Å². The summed E-state index contributed by atoms with van der Waals surface area (Å²) in [4.78, 5) is 55.7. The first-order valence-corrected chi connectivity index (χ1v) is 11.7. The van der Waals surface area contributed by atoms with Crippen LogP contribution in [0.5, 0.6) is 5.75 Å². The van der Waals surface area contributed by atoms with Crippen LogP contribution in [0.1, 0.15) is 40.5 Å². The van der Waals surface area contributed by atoms with Crippen molar-refractivity contribution < 1.29 is 39.6 Å².